The third-order valence-corrected chi connectivity index (χ3v) is 3.38. The van der Waals surface area contributed by atoms with Crippen LogP contribution in [0, 0.1) is 0 Å². The molecule has 0 radical (unpaired) electrons. The van der Waals surface area contributed by atoms with E-state index in [0.717, 1.165) is 8.95 Å². The van der Waals surface area contributed by atoms with Crippen LogP contribution in [0.2, 0.25) is 0 Å². The van der Waals surface area contributed by atoms with Crippen molar-refractivity contribution in [2.45, 2.75) is 12.5 Å². The van der Waals surface area contributed by atoms with Crippen molar-refractivity contribution in [1.29, 1.82) is 0 Å². The summed E-state index contributed by atoms with van der Waals surface area (Å²) in [4.78, 5) is 10.9. The Hall–Kier alpha value is -0.0700. The Kier molecular flexibility index (Phi) is 5.78. The molecule has 1 atom stereocenters. The molecule has 0 saturated carbocycles. The first kappa shape index (κ1) is 14.0. The number of hydrogen-bond donors (Lipinski definition) is 1. The molecule has 0 fully saturated rings. The number of ether oxygens (including phenoxy) is 1. The van der Waals surface area contributed by atoms with E-state index >= 15 is 0 Å². The van der Waals surface area contributed by atoms with Crippen LogP contribution < -0.4 is 4.74 Å². The summed E-state index contributed by atoms with van der Waals surface area (Å²) in [7, 11) is 0. The summed E-state index contributed by atoms with van der Waals surface area (Å²) in [5.74, 6) is -0.439. The zero-order chi connectivity index (χ0) is 12.1. The molecule has 0 heterocycles. The minimum absolute atomic E-state index is 0.415. The molecular formula is C10H9Br3O3. The molecule has 0 spiro atoms. The Labute approximate surface area is 119 Å². The van der Waals surface area contributed by atoms with Crippen LogP contribution in [0.3, 0.4) is 0 Å². The van der Waals surface area contributed by atoms with E-state index in [1.54, 1.807) is 12.1 Å². The van der Waals surface area contributed by atoms with Crippen LogP contribution in [0.15, 0.2) is 27.1 Å². The minimum atomic E-state index is -0.964. The molecule has 0 amide bonds. The molecule has 0 aliphatic rings. The zero-order valence-electron chi connectivity index (χ0n) is 8.12. The Morgan fingerprint density at radius 3 is 2.62 bits per heavy atom. The molecule has 0 aliphatic carbocycles. The van der Waals surface area contributed by atoms with Gasteiger partial charge in [0.2, 0.25) is 0 Å². The molecule has 0 saturated heterocycles. The van der Waals surface area contributed by atoms with Crippen LogP contribution in [0.1, 0.15) is 6.42 Å². The van der Waals surface area contributed by atoms with Gasteiger partial charge in [-0.25, -0.2) is 4.79 Å². The number of carboxylic acids is 1. The van der Waals surface area contributed by atoms with Gasteiger partial charge in [-0.15, -0.1) is 0 Å². The number of rotatable bonds is 5. The van der Waals surface area contributed by atoms with Gasteiger partial charge >= 0.3 is 5.97 Å². The number of alkyl halides is 1. The summed E-state index contributed by atoms with van der Waals surface area (Å²) in [6.07, 6.45) is -0.422. The highest BCUT2D eigenvalue weighted by Crippen LogP contribution is 2.29. The van der Waals surface area contributed by atoms with Gasteiger partial charge in [0.15, 0.2) is 6.10 Å². The second-order valence-electron chi connectivity index (χ2n) is 3.00. The number of carbonyl (C=O) groups is 1. The Balaban J connectivity index is 2.81. The zero-order valence-corrected chi connectivity index (χ0v) is 12.9. The molecular weight excluding hydrogens is 408 g/mol. The van der Waals surface area contributed by atoms with E-state index in [-0.39, 0.29) is 0 Å². The summed E-state index contributed by atoms with van der Waals surface area (Å²) < 4.78 is 7.03. The van der Waals surface area contributed by atoms with Gasteiger partial charge in [0.05, 0.1) is 4.47 Å². The van der Waals surface area contributed by atoms with Crippen molar-refractivity contribution in [1.82, 2.24) is 0 Å². The van der Waals surface area contributed by atoms with Crippen molar-refractivity contribution in [2.24, 2.45) is 0 Å². The van der Waals surface area contributed by atoms with Crippen molar-refractivity contribution in [3.63, 3.8) is 0 Å². The largest absolute Gasteiger partial charge is 0.479 e. The Morgan fingerprint density at radius 2 is 2.12 bits per heavy atom. The van der Waals surface area contributed by atoms with E-state index < -0.39 is 12.1 Å². The first-order valence-corrected chi connectivity index (χ1v) is 7.16. The number of aliphatic carboxylic acids is 1. The number of carboxylic acid groups (broad SMARTS) is 1. The van der Waals surface area contributed by atoms with Gasteiger partial charge < -0.3 is 9.84 Å². The molecule has 1 rings (SSSR count). The molecule has 6 heteroatoms. The molecule has 1 aromatic carbocycles. The van der Waals surface area contributed by atoms with Crippen molar-refractivity contribution in [3.05, 3.63) is 27.1 Å². The summed E-state index contributed by atoms with van der Waals surface area (Å²) in [5, 5.41) is 9.52. The molecule has 0 aromatic heterocycles. The SMILES string of the molecule is O=C(O)C(CCBr)Oc1ccc(Br)cc1Br. The standard InChI is InChI=1S/C10H9Br3O3/c11-4-3-9(10(14)15)16-8-2-1-6(12)5-7(8)13/h1-2,5,9H,3-4H2,(H,14,15). The van der Waals surface area contributed by atoms with Crippen molar-refractivity contribution >= 4 is 53.8 Å². The van der Waals surface area contributed by atoms with E-state index in [4.69, 9.17) is 9.84 Å². The van der Waals surface area contributed by atoms with Crippen LogP contribution in [-0.4, -0.2) is 22.5 Å². The fourth-order valence-electron chi connectivity index (χ4n) is 1.06. The molecule has 1 unspecified atom stereocenters. The maximum atomic E-state index is 10.9. The van der Waals surface area contributed by atoms with Crippen molar-refractivity contribution in [2.75, 3.05) is 5.33 Å². The Bertz CT molecular complexity index is 382. The van der Waals surface area contributed by atoms with Crippen LogP contribution in [-0.2, 0) is 4.79 Å². The normalized spacial score (nSPS) is 12.2. The monoisotopic (exact) mass is 414 g/mol. The van der Waals surface area contributed by atoms with Crippen molar-refractivity contribution in [3.8, 4) is 5.75 Å². The topological polar surface area (TPSA) is 46.5 Å². The molecule has 3 nitrogen and oxygen atoms in total. The van der Waals surface area contributed by atoms with Crippen LogP contribution in [0.5, 0.6) is 5.75 Å². The summed E-state index contributed by atoms with van der Waals surface area (Å²) in [6, 6.07) is 5.33. The lowest BCUT2D eigenvalue weighted by Crippen LogP contribution is -2.27. The number of hydrogen-bond acceptors (Lipinski definition) is 2. The summed E-state index contributed by atoms with van der Waals surface area (Å²) in [5.41, 5.74) is 0. The average Bonchev–Trinajstić information content (AvgIpc) is 2.20. The van der Waals surface area contributed by atoms with Gasteiger partial charge in [-0.1, -0.05) is 31.9 Å². The molecule has 0 aliphatic heterocycles. The fourth-order valence-corrected chi connectivity index (χ4v) is 2.61. The van der Waals surface area contributed by atoms with Crippen LogP contribution in [0.25, 0.3) is 0 Å². The van der Waals surface area contributed by atoms with Crippen LogP contribution >= 0.6 is 47.8 Å². The van der Waals surface area contributed by atoms with Gasteiger partial charge in [-0.3, -0.25) is 0 Å². The van der Waals surface area contributed by atoms with E-state index in [0.29, 0.717) is 17.5 Å². The highest BCUT2D eigenvalue weighted by molar-refractivity contribution is 9.11. The molecule has 88 valence electrons. The smallest absolute Gasteiger partial charge is 0.344 e. The maximum Gasteiger partial charge on any atom is 0.344 e. The predicted octanol–water partition coefficient (Wildman–Crippen LogP) is 3.83. The molecule has 0 bridgehead atoms. The lowest BCUT2D eigenvalue weighted by Gasteiger charge is -2.15. The minimum Gasteiger partial charge on any atom is -0.479 e. The first-order valence-electron chi connectivity index (χ1n) is 4.45. The Morgan fingerprint density at radius 1 is 1.44 bits per heavy atom. The average molecular weight is 417 g/mol. The highest BCUT2D eigenvalue weighted by Gasteiger charge is 2.19. The number of benzene rings is 1. The third-order valence-electron chi connectivity index (χ3n) is 1.81. The quantitative estimate of drug-likeness (QED) is 0.742. The van der Waals surface area contributed by atoms with Crippen LogP contribution in [0.4, 0.5) is 0 Å². The second kappa shape index (κ2) is 6.61. The van der Waals surface area contributed by atoms with E-state index in [2.05, 4.69) is 47.8 Å². The second-order valence-corrected chi connectivity index (χ2v) is 5.56. The molecule has 1 aromatic rings. The predicted molar refractivity (Wildman–Crippen MR) is 72.3 cm³/mol. The maximum absolute atomic E-state index is 10.9. The van der Waals surface area contributed by atoms with Gasteiger partial charge in [0, 0.05) is 16.2 Å². The van der Waals surface area contributed by atoms with Gasteiger partial charge in [0.1, 0.15) is 5.75 Å². The lowest BCUT2D eigenvalue weighted by atomic mass is 10.2. The fraction of sp³-hybridized carbons (Fsp3) is 0.300. The number of halogens is 3. The summed E-state index contributed by atoms with van der Waals surface area (Å²) >= 11 is 9.83. The van der Waals surface area contributed by atoms with Gasteiger partial charge in [-0.05, 0) is 34.1 Å². The lowest BCUT2D eigenvalue weighted by molar-refractivity contribution is -0.145. The molecule has 1 N–H and O–H groups in total. The van der Waals surface area contributed by atoms with Crippen molar-refractivity contribution < 1.29 is 14.6 Å². The molecule has 16 heavy (non-hydrogen) atoms. The van der Waals surface area contributed by atoms with E-state index in [1.807, 2.05) is 6.07 Å². The third kappa shape index (κ3) is 4.07. The van der Waals surface area contributed by atoms with E-state index in [1.165, 1.54) is 0 Å². The van der Waals surface area contributed by atoms with Gasteiger partial charge in [-0.2, -0.15) is 0 Å². The van der Waals surface area contributed by atoms with Gasteiger partial charge in [0.25, 0.3) is 0 Å². The van der Waals surface area contributed by atoms with E-state index in [9.17, 15) is 4.79 Å². The first-order chi connectivity index (χ1) is 7.54. The highest BCUT2D eigenvalue weighted by atomic mass is 79.9. The summed E-state index contributed by atoms with van der Waals surface area (Å²) in [6.45, 7) is 0.